The predicted molar refractivity (Wildman–Crippen MR) is 236 cm³/mol. The molecule has 0 aliphatic rings. The van der Waals surface area contributed by atoms with Crippen LogP contribution in [0.1, 0.15) is 0 Å². The van der Waals surface area contributed by atoms with Crippen molar-refractivity contribution in [1.29, 1.82) is 0 Å². The number of benzene rings is 8. The molecule has 0 unspecified atom stereocenters. The van der Waals surface area contributed by atoms with Gasteiger partial charge in [0.15, 0.2) is 0 Å². The highest BCUT2D eigenvalue weighted by Crippen LogP contribution is 2.43. The van der Waals surface area contributed by atoms with E-state index >= 15 is 0 Å². The molecule has 8 aromatic carbocycles. The summed E-state index contributed by atoms with van der Waals surface area (Å²) in [6, 6.07) is 71.2. The summed E-state index contributed by atoms with van der Waals surface area (Å²) in [5.74, 6) is 0.641. The molecule has 4 aromatic heterocycles. The maximum absolute atomic E-state index is 5.25. The van der Waals surface area contributed by atoms with Crippen molar-refractivity contribution in [2.24, 2.45) is 0 Å². The Kier molecular flexibility index (Phi) is 6.86. The van der Waals surface area contributed by atoms with Gasteiger partial charge in [0, 0.05) is 54.8 Å². The summed E-state index contributed by atoms with van der Waals surface area (Å²) in [5.41, 5.74) is 13.0. The summed E-state index contributed by atoms with van der Waals surface area (Å²) in [6.07, 6.45) is 0. The molecule has 0 N–H and O–H groups in total. The van der Waals surface area contributed by atoms with Crippen molar-refractivity contribution in [3.63, 3.8) is 0 Å². The molecule has 0 aliphatic carbocycles. The number of aromatic nitrogens is 5. The highest BCUT2D eigenvalue weighted by atomic mass is 15.2. The summed E-state index contributed by atoms with van der Waals surface area (Å²) in [6.45, 7) is 0. The van der Waals surface area contributed by atoms with Gasteiger partial charge >= 0.3 is 0 Å². The number of para-hydroxylation sites is 4. The van der Waals surface area contributed by atoms with Crippen molar-refractivity contribution in [1.82, 2.24) is 23.7 Å². The van der Waals surface area contributed by atoms with Gasteiger partial charge < -0.3 is 9.13 Å². The van der Waals surface area contributed by atoms with E-state index < -0.39 is 0 Å². The zero-order valence-electron chi connectivity index (χ0n) is 30.8. The summed E-state index contributed by atoms with van der Waals surface area (Å²) in [5, 5.41) is 7.25. The van der Waals surface area contributed by atoms with Crippen LogP contribution in [0, 0.1) is 0 Å². The number of rotatable bonds is 5. The Morgan fingerprint density at radius 3 is 1.44 bits per heavy atom. The second kappa shape index (κ2) is 12.4. The van der Waals surface area contributed by atoms with E-state index in [1.54, 1.807) is 0 Å². The predicted octanol–water partition coefficient (Wildman–Crippen LogP) is 13.1. The van der Waals surface area contributed by atoms with Crippen LogP contribution < -0.4 is 0 Å². The van der Waals surface area contributed by atoms with Crippen LogP contribution in [0.4, 0.5) is 0 Å². The van der Waals surface area contributed by atoms with Gasteiger partial charge in [0.2, 0.25) is 5.95 Å². The molecule has 0 saturated heterocycles. The van der Waals surface area contributed by atoms with Gasteiger partial charge in [-0.1, -0.05) is 140 Å². The van der Waals surface area contributed by atoms with Crippen molar-refractivity contribution < 1.29 is 0 Å². The molecular weight excluding hydrogens is 695 g/mol. The van der Waals surface area contributed by atoms with Gasteiger partial charge in [0.25, 0.3) is 0 Å². The van der Waals surface area contributed by atoms with Crippen molar-refractivity contribution in [3.05, 3.63) is 200 Å². The number of hydrogen-bond acceptors (Lipinski definition) is 2. The van der Waals surface area contributed by atoms with Gasteiger partial charge in [-0.2, -0.15) is 0 Å². The van der Waals surface area contributed by atoms with E-state index in [1.807, 2.05) is 12.1 Å². The van der Waals surface area contributed by atoms with Gasteiger partial charge in [-0.05, 0) is 60.7 Å². The van der Waals surface area contributed by atoms with E-state index in [2.05, 4.69) is 202 Å². The van der Waals surface area contributed by atoms with Crippen molar-refractivity contribution in [2.45, 2.75) is 0 Å². The second-order valence-electron chi connectivity index (χ2n) is 14.6. The summed E-state index contributed by atoms with van der Waals surface area (Å²) >= 11 is 0. The topological polar surface area (TPSA) is 40.6 Å². The average molecular weight is 728 g/mol. The monoisotopic (exact) mass is 727 g/mol. The Labute approximate surface area is 328 Å². The lowest BCUT2D eigenvalue weighted by Gasteiger charge is -2.12. The Balaban J connectivity index is 1.13. The number of fused-ring (bicyclic) bond motifs is 10. The highest BCUT2D eigenvalue weighted by molar-refractivity contribution is 6.26. The second-order valence-corrected chi connectivity index (χ2v) is 14.6. The average Bonchev–Trinajstić information content (AvgIpc) is 3.92. The van der Waals surface area contributed by atoms with E-state index in [-0.39, 0.29) is 0 Å². The smallest absolute Gasteiger partial charge is 0.235 e. The minimum Gasteiger partial charge on any atom is -0.309 e. The fraction of sp³-hybridized carbons (Fsp3) is 0. The van der Waals surface area contributed by atoms with Gasteiger partial charge in [-0.15, -0.1) is 0 Å². The van der Waals surface area contributed by atoms with Crippen molar-refractivity contribution in [3.8, 4) is 39.8 Å². The third-order valence-electron chi connectivity index (χ3n) is 11.5. The van der Waals surface area contributed by atoms with Crippen LogP contribution in [0.15, 0.2) is 200 Å². The Hall–Kier alpha value is -7.76. The molecule has 0 spiro atoms. The van der Waals surface area contributed by atoms with Crippen LogP contribution in [0.2, 0.25) is 0 Å². The number of hydrogen-bond donors (Lipinski definition) is 0. The van der Waals surface area contributed by atoms with Gasteiger partial charge in [-0.3, -0.25) is 4.57 Å². The molecule has 57 heavy (non-hydrogen) atoms. The summed E-state index contributed by atoms with van der Waals surface area (Å²) in [4.78, 5) is 10.5. The minimum absolute atomic E-state index is 0.641. The van der Waals surface area contributed by atoms with Crippen LogP contribution in [0.5, 0.6) is 0 Å². The molecule has 0 bridgehead atoms. The van der Waals surface area contributed by atoms with Crippen LogP contribution in [-0.2, 0) is 0 Å². The van der Waals surface area contributed by atoms with Gasteiger partial charge in [-0.25, -0.2) is 9.97 Å². The van der Waals surface area contributed by atoms with Crippen molar-refractivity contribution >= 4 is 65.4 Å². The maximum Gasteiger partial charge on any atom is 0.235 e. The SMILES string of the molecule is c1ccc(-c2cc(-c3ccccc3)nc(-n3c4ccccc4c4cc(-n5c6ccccc6c6c5ccc5c7ccccc7n(-c7ccccc7)c56)ccc43)n2)cc1. The third-order valence-corrected chi connectivity index (χ3v) is 11.5. The lowest BCUT2D eigenvalue weighted by molar-refractivity contribution is 0.995. The van der Waals surface area contributed by atoms with Crippen molar-refractivity contribution in [2.75, 3.05) is 0 Å². The molecule has 266 valence electrons. The van der Waals surface area contributed by atoms with E-state index in [0.717, 1.165) is 61.2 Å². The lowest BCUT2D eigenvalue weighted by Crippen LogP contribution is -2.04. The first-order valence-corrected chi connectivity index (χ1v) is 19.3. The van der Waals surface area contributed by atoms with Crippen LogP contribution in [0.25, 0.3) is 105 Å². The minimum atomic E-state index is 0.641. The lowest BCUT2D eigenvalue weighted by atomic mass is 10.1. The quantitative estimate of drug-likeness (QED) is 0.177. The molecule has 4 heterocycles. The molecule has 0 fully saturated rings. The Bertz CT molecular complexity index is 3440. The first-order valence-electron chi connectivity index (χ1n) is 19.3. The summed E-state index contributed by atoms with van der Waals surface area (Å²) in [7, 11) is 0. The van der Waals surface area contributed by atoms with Gasteiger partial charge in [0.05, 0.1) is 44.5 Å². The number of nitrogens with zero attached hydrogens (tertiary/aromatic N) is 5. The maximum atomic E-state index is 5.25. The van der Waals surface area contributed by atoms with E-state index in [1.165, 1.54) is 38.1 Å². The van der Waals surface area contributed by atoms with E-state index in [0.29, 0.717) is 5.95 Å². The largest absolute Gasteiger partial charge is 0.309 e. The molecule has 0 saturated carbocycles. The Morgan fingerprint density at radius 1 is 0.298 bits per heavy atom. The summed E-state index contributed by atoms with van der Waals surface area (Å²) < 4.78 is 7.09. The Morgan fingerprint density at radius 2 is 0.789 bits per heavy atom. The zero-order chi connectivity index (χ0) is 37.5. The van der Waals surface area contributed by atoms with E-state index in [9.17, 15) is 0 Å². The molecular formula is C52H33N5. The molecule has 12 rings (SSSR count). The molecule has 0 atom stereocenters. The molecule has 12 aromatic rings. The molecule has 0 aliphatic heterocycles. The van der Waals surface area contributed by atoms with Crippen LogP contribution in [0.3, 0.4) is 0 Å². The zero-order valence-corrected chi connectivity index (χ0v) is 30.8. The highest BCUT2D eigenvalue weighted by Gasteiger charge is 2.22. The molecule has 5 heteroatoms. The molecule has 0 radical (unpaired) electrons. The van der Waals surface area contributed by atoms with Crippen LogP contribution >= 0.6 is 0 Å². The normalized spacial score (nSPS) is 11.9. The fourth-order valence-corrected chi connectivity index (χ4v) is 9.00. The van der Waals surface area contributed by atoms with Gasteiger partial charge in [0.1, 0.15) is 0 Å². The first-order chi connectivity index (χ1) is 28.3. The molecule has 0 amide bonds. The first kappa shape index (κ1) is 31.6. The fourth-order valence-electron chi connectivity index (χ4n) is 9.00. The molecule has 5 nitrogen and oxygen atoms in total. The standard InChI is InChI=1S/C52H33N5/c1-4-16-34(17-5-1)43-33-44(35-18-6-2-7-19-35)54-52(53-43)57-46-26-14-11-23-39(46)42-32-37(28-30-48(42)57)55-47-27-15-12-24-41(47)50-49(55)31-29-40-38-22-10-13-25-45(38)56(51(40)50)36-20-8-3-9-21-36/h1-33H. The van der Waals surface area contributed by atoms with E-state index in [4.69, 9.17) is 9.97 Å². The van der Waals surface area contributed by atoms with Crippen LogP contribution in [-0.4, -0.2) is 23.7 Å². The third kappa shape index (κ3) is 4.76.